The van der Waals surface area contributed by atoms with Gasteiger partial charge in [-0.3, -0.25) is 24.6 Å². The molecule has 0 saturated carbocycles. The van der Waals surface area contributed by atoms with Gasteiger partial charge in [0.15, 0.2) is 6.61 Å². The van der Waals surface area contributed by atoms with Crippen molar-refractivity contribution in [3.63, 3.8) is 0 Å². The van der Waals surface area contributed by atoms with Crippen molar-refractivity contribution in [1.29, 1.82) is 0 Å². The van der Waals surface area contributed by atoms with E-state index >= 15 is 0 Å². The lowest BCUT2D eigenvalue weighted by atomic mass is 10.1. The summed E-state index contributed by atoms with van der Waals surface area (Å²) in [6.45, 7) is -0.201. The monoisotopic (exact) mass is 318 g/mol. The van der Waals surface area contributed by atoms with Crippen LogP contribution in [0.25, 0.3) is 6.08 Å². The highest BCUT2D eigenvalue weighted by molar-refractivity contribution is 5.98. The van der Waals surface area contributed by atoms with E-state index in [-0.39, 0.29) is 17.2 Å². The summed E-state index contributed by atoms with van der Waals surface area (Å²) in [6.07, 6.45) is 3.17. The van der Waals surface area contributed by atoms with Gasteiger partial charge in [-0.15, -0.1) is 0 Å². The number of nitro groups is 1. The molecule has 0 atom stereocenters. The molecule has 8 nitrogen and oxygen atoms in total. The molecular weight excluding hydrogens is 304 g/mol. The van der Waals surface area contributed by atoms with E-state index in [1.165, 1.54) is 24.3 Å². The lowest BCUT2D eigenvalue weighted by molar-refractivity contribution is -0.385. The Labute approximate surface area is 131 Å². The molecule has 1 aromatic carbocycles. The van der Waals surface area contributed by atoms with Crippen molar-refractivity contribution in [2.75, 3.05) is 13.2 Å². The number of amides is 2. The number of benzene rings is 1. The van der Waals surface area contributed by atoms with Gasteiger partial charge in [-0.2, -0.15) is 0 Å². The van der Waals surface area contributed by atoms with Crippen LogP contribution in [0.1, 0.15) is 18.4 Å². The van der Waals surface area contributed by atoms with Crippen molar-refractivity contribution >= 4 is 29.5 Å². The molecule has 2 amide bonds. The third kappa shape index (κ3) is 4.22. The highest BCUT2D eigenvalue weighted by Gasteiger charge is 2.26. The van der Waals surface area contributed by atoms with Crippen LogP contribution in [0.5, 0.6) is 0 Å². The number of carbonyl (C=O) groups is 3. The number of hydrogen-bond donors (Lipinski definition) is 0. The van der Waals surface area contributed by atoms with Crippen LogP contribution in [-0.2, 0) is 19.1 Å². The fourth-order valence-electron chi connectivity index (χ4n) is 2.12. The zero-order chi connectivity index (χ0) is 16.8. The third-order valence-corrected chi connectivity index (χ3v) is 3.24. The summed E-state index contributed by atoms with van der Waals surface area (Å²) in [5.74, 6) is -1.66. The zero-order valence-electron chi connectivity index (χ0n) is 12.1. The number of nitro benzene ring substituents is 1. The van der Waals surface area contributed by atoms with Gasteiger partial charge < -0.3 is 4.74 Å². The highest BCUT2D eigenvalue weighted by atomic mass is 16.6. The first-order valence-electron chi connectivity index (χ1n) is 6.90. The van der Waals surface area contributed by atoms with E-state index in [1.807, 2.05) is 0 Å². The molecule has 0 bridgehead atoms. The van der Waals surface area contributed by atoms with Crippen LogP contribution >= 0.6 is 0 Å². The summed E-state index contributed by atoms with van der Waals surface area (Å²) >= 11 is 0. The van der Waals surface area contributed by atoms with Crippen LogP contribution in [0.3, 0.4) is 0 Å². The molecule has 1 saturated heterocycles. The Balaban J connectivity index is 1.91. The van der Waals surface area contributed by atoms with E-state index < -0.39 is 23.4 Å². The smallest absolute Gasteiger partial charge is 0.331 e. The standard InChI is InChI=1S/C15H14N2O6/c18-13-6-3-9-16(13)14(19)10-23-15(20)8-7-11-4-1-2-5-12(11)17(21)22/h1-2,4-5,7-8H,3,6,9-10H2. The van der Waals surface area contributed by atoms with Crippen molar-refractivity contribution in [2.24, 2.45) is 0 Å². The molecule has 0 aromatic heterocycles. The van der Waals surface area contributed by atoms with Gasteiger partial charge in [-0.05, 0) is 18.6 Å². The van der Waals surface area contributed by atoms with Gasteiger partial charge in [0.2, 0.25) is 5.91 Å². The van der Waals surface area contributed by atoms with E-state index in [1.54, 1.807) is 6.07 Å². The van der Waals surface area contributed by atoms with E-state index in [0.29, 0.717) is 19.4 Å². The molecule has 0 aliphatic carbocycles. The first-order valence-corrected chi connectivity index (χ1v) is 6.90. The molecule has 1 aromatic rings. The number of carbonyl (C=O) groups excluding carboxylic acids is 3. The predicted molar refractivity (Wildman–Crippen MR) is 79.0 cm³/mol. The van der Waals surface area contributed by atoms with E-state index in [0.717, 1.165) is 11.0 Å². The van der Waals surface area contributed by atoms with Gasteiger partial charge in [0.25, 0.3) is 11.6 Å². The summed E-state index contributed by atoms with van der Waals surface area (Å²) in [4.78, 5) is 45.9. The molecular formula is C15H14N2O6. The van der Waals surface area contributed by atoms with Crippen LogP contribution in [0.2, 0.25) is 0 Å². The number of nitrogens with zero attached hydrogens (tertiary/aromatic N) is 2. The van der Waals surface area contributed by atoms with Crippen molar-refractivity contribution in [3.8, 4) is 0 Å². The van der Waals surface area contributed by atoms with Crippen LogP contribution in [-0.4, -0.2) is 40.8 Å². The normalized spacial score (nSPS) is 14.3. The maximum absolute atomic E-state index is 11.7. The van der Waals surface area contributed by atoms with E-state index in [9.17, 15) is 24.5 Å². The summed E-state index contributed by atoms with van der Waals surface area (Å²) in [5, 5.41) is 10.8. The number of imide groups is 1. The van der Waals surface area contributed by atoms with E-state index in [4.69, 9.17) is 4.74 Å². The Bertz CT molecular complexity index is 682. The molecule has 0 N–H and O–H groups in total. The number of ether oxygens (including phenoxy) is 1. The van der Waals surface area contributed by atoms with Gasteiger partial charge in [0, 0.05) is 25.1 Å². The quantitative estimate of drug-likeness (QED) is 0.350. The minimum absolute atomic E-state index is 0.143. The summed E-state index contributed by atoms with van der Waals surface area (Å²) in [7, 11) is 0. The molecule has 0 spiro atoms. The average Bonchev–Trinajstić information content (AvgIpc) is 2.97. The molecule has 1 fully saturated rings. The van der Waals surface area contributed by atoms with E-state index in [2.05, 4.69) is 0 Å². The second-order valence-corrected chi connectivity index (χ2v) is 4.80. The van der Waals surface area contributed by atoms with Gasteiger partial charge >= 0.3 is 5.97 Å². The number of esters is 1. The minimum atomic E-state index is -0.817. The Morgan fingerprint density at radius 3 is 2.74 bits per heavy atom. The van der Waals surface area contributed by atoms with Crippen LogP contribution in [0.15, 0.2) is 30.3 Å². The Kier molecular flexibility index (Phi) is 5.19. The van der Waals surface area contributed by atoms with Crippen molar-refractivity contribution in [3.05, 3.63) is 46.0 Å². The number of likely N-dealkylation sites (tertiary alicyclic amines) is 1. The van der Waals surface area contributed by atoms with Crippen LogP contribution in [0, 0.1) is 10.1 Å². The Morgan fingerprint density at radius 1 is 1.35 bits per heavy atom. The lowest BCUT2D eigenvalue weighted by Crippen LogP contribution is -2.35. The van der Waals surface area contributed by atoms with Crippen molar-refractivity contribution in [2.45, 2.75) is 12.8 Å². The number of hydrogen-bond acceptors (Lipinski definition) is 6. The first-order chi connectivity index (χ1) is 11.0. The summed E-state index contributed by atoms with van der Waals surface area (Å²) < 4.78 is 4.75. The fraction of sp³-hybridized carbons (Fsp3) is 0.267. The van der Waals surface area contributed by atoms with Crippen LogP contribution < -0.4 is 0 Å². The van der Waals surface area contributed by atoms with Crippen molar-refractivity contribution < 1.29 is 24.0 Å². The van der Waals surface area contributed by atoms with Crippen LogP contribution in [0.4, 0.5) is 5.69 Å². The zero-order valence-corrected chi connectivity index (χ0v) is 12.1. The maximum atomic E-state index is 11.7. The van der Waals surface area contributed by atoms with Crippen molar-refractivity contribution in [1.82, 2.24) is 4.90 Å². The first kappa shape index (κ1) is 16.3. The molecule has 1 aliphatic heterocycles. The topological polar surface area (TPSA) is 107 Å². The maximum Gasteiger partial charge on any atom is 0.331 e. The predicted octanol–water partition coefficient (Wildman–Crippen LogP) is 1.30. The molecule has 8 heteroatoms. The SMILES string of the molecule is O=C(C=Cc1ccccc1[N+](=O)[O-])OCC(=O)N1CCCC1=O. The second kappa shape index (κ2) is 7.30. The molecule has 2 rings (SSSR count). The summed E-state index contributed by atoms with van der Waals surface area (Å²) in [6, 6.07) is 5.91. The molecule has 120 valence electrons. The fourth-order valence-corrected chi connectivity index (χ4v) is 2.12. The average molecular weight is 318 g/mol. The molecule has 0 unspecified atom stereocenters. The van der Waals surface area contributed by atoms with Gasteiger partial charge in [0.05, 0.1) is 10.5 Å². The number of para-hydroxylation sites is 1. The summed E-state index contributed by atoms with van der Waals surface area (Å²) in [5.41, 5.74) is 0.103. The lowest BCUT2D eigenvalue weighted by Gasteiger charge is -2.12. The highest BCUT2D eigenvalue weighted by Crippen LogP contribution is 2.18. The largest absolute Gasteiger partial charge is 0.452 e. The molecule has 23 heavy (non-hydrogen) atoms. The van der Waals surface area contributed by atoms with Gasteiger partial charge in [0.1, 0.15) is 0 Å². The molecule has 1 aliphatic rings. The third-order valence-electron chi connectivity index (χ3n) is 3.24. The Morgan fingerprint density at radius 2 is 2.09 bits per heavy atom. The van der Waals surface area contributed by atoms with Gasteiger partial charge in [-0.1, -0.05) is 12.1 Å². The minimum Gasteiger partial charge on any atom is -0.452 e. The Hall–Kier alpha value is -3.03. The second-order valence-electron chi connectivity index (χ2n) is 4.80. The number of rotatable bonds is 5. The molecule has 0 radical (unpaired) electrons. The molecule has 1 heterocycles. The van der Waals surface area contributed by atoms with Gasteiger partial charge in [-0.25, -0.2) is 4.79 Å².